The van der Waals surface area contributed by atoms with Crippen LogP contribution in [0.15, 0.2) is 59.5 Å². The van der Waals surface area contributed by atoms with Crippen LogP contribution >= 0.6 is 11.8 Å². The number of amides is 3. The molecule has 0 saturated carbocycles. The van der Waals surface area contributed by atoms with Crippen LogP contribution in [0.5, 0.6) is 0 Å². The summed E-state index contributed by atoms with van der Waals surface area (Å²) < 4.78 is 0. The molecule has 132 valence electrons. The minimum atomic E-state index is -0.325. The highest BCUT2D eigenvalue weighted by Gasteiger charge is 2.34. The molecule has 2 aromatic rings. The van der Waals surface area contributed by atoms with E-state index in [1.54, 1.807) is 30.3 Å². The molecule has 1 N–H and O–H groups in total. The summed E-state index contributed by atoms with van der Waals surface area (Å²) in [5.41, 5.74) is 2.55. The minimum absolute atomic E-state index is 0.147. The Morgan fingerprint density at radius 3 is 2.46 bits per heavy atom. The smallest absolute Gasteiger partial charge is 0.293 e. The van der Waals surface area contributed by atoms with E-state index in [1.165, 1.54) is 0 Å². The average molecular weight is 366 g/mol. The molecule has 3 amide bonds. The fourth-order valence-corrected chi connectivity index (χ4v) is 3.34. The molecule has 1 aliphatic heterocycles. The Bertz CT molecular complexity index is 860. The Kier molecular flexibility index (Phi) is 5.53. The second kappa shape index (κ2) is 8.01. The number of rotatable bonds is 5. The van der Waals surface area contributed by atoms with E-state index in [1.807, 2.05) is 37.3 Å². The lowest BCUT2D eigenvalue weighted by Crippen LogP contribution is -2.37. The van der Waals surface area contributed by atoms with Gasteiger partial charge < -0.3 is 5.32 Å². The number of hydrogen-bond acceptors (Lipinski definition) is 4. The van der Waals surface area contributed by atoms with Gasteiger partial charge in [0.1, 0.15) is 0 Å². The summed E-state index contributed by atoms with van der Waals surface area (Å²) in [5.74, 6) is -0.553. The molecular weight excluding hydrogens is 348 g/mol. The first-order chi connectivity index (χ1) is 12.5. The molecule has 2 aromatic carbocycles. The highest BCUT2D eigenvalue weighted by Crippen LogP contribution is 2.31. The monoisotopic (exact) mass is 366 g/mol. The van der Waals surface area contributed by atoms with Crippen molar-refractivity contribution in [3.05, 3.63) is 76.2 Å². The van der Waals surface area contributed by atoms with E-state index in [9.17, 15) is 14.4 Å². The van der Waals surface area contributed by atoms with Gasteiger partial charge >= 0.3 is 0 Å². The van der Waals surface area contributed by atoms with Gasteiger partial charge in [-0.2, -0.15) is 0 Å². The van der Waals surface area contributed by atoms with Crippen LogP contribution in [0.2, 0.25) is 0 Å². The summed E-state index contributed by atoms with van der Waals surface area (Å²) in [4.78, 5) is 38.1. The lowest BCUT2D eigenvalue weighted by molar-refractivity contribution is -0.122. The molecule has 0 aromatic heterocycles. The molecule has 0 bridgehead atoms. The molecular formula is C20H18N2O3S. The Morgan fingerprint density at radius 2 is 1.77 bits per heavy atom. The zero-order valence-electron chi connectivity index (χ0n) is 14.3. The zero-order valence-corrected chi connectivity index (χ0v) is 15.1. The van der Waals surface area contributed by atoms with Crippen LogP contribution in [-0.4, -0.2) is 35.0 Å². The highest BCUT2D eigenvalue weighted by molar-refractivity contribution is 8.18. The maximum absolute atomic E-state index is 12.4. The van der Waals surface area contributed by atoms with Gasteiger partial charge in [-0.05, 0) is 42.5 Å². The second-order valence-electron chi connectivity index (χ2n) is 5.87. The summed E-state index contributed by atoms with van der Waals surface area (Å²) in [5, 5.41) is 2.41. The molecule has 0 aliphatic carbocycles. The Labute approximate surface area is 156 Å². The summed E-state index contributed by atoms with van der Waals surface area (Å²) in [7, 11) is 0. The van der Waals surface area contributed by atoms with E-state index in [0.717, 1.165) is 27.8 Å². The van der Waals surface area contributed by atoms with E-state index >= 15 is 0 Å². The Hall–Kier alpha value is -2.86. The van der Waals surface area contributed by atoms with Crippen LogP contribution in [0, 0.1) is 6.92 Å². The van der Waals surface area contributed by atoms with E-state index in [2.05, 4.69) is 5.32 Å². The Balaban J connectivity index is 1.59. The highest BCUT2D eigenvalue weighted by atomic mass is 32.2. The summed E-state index contributed by atoms with van der Waals surface area (Å²) >= 11 is 0.922. The van der Waals surface area contributed by atoms with E-state index in [4.69, 9.17) is 0 Å². The third kappa shape index (κ3) is 4.21. The van der Waals surface area contributed by atoms with Crippen molar-refractivity contribution in [2.24, 2.45) is 0 Å². The molecule has 3 rings (SSSR count). The third-order valence-electron chi connectivity index (χ3n) is 3.91. The van der Waals surface area contributed by atoms with Gasteiger partial charge in [0.05, 0.1) is 4.91 Å². The molecule has 1 heterocycles. The number of nitrogens with one attached hydrogen (secondary N) is 1. The van der Waals surface area contributed by atoms with Crippen LogP contribution in [0.4, 0.5) is 4.79 Å². The number of imide groups is 1. The van der Waals surface area contributed by atoms with Gasteiger partial charge in [0, 0.05) is 18.7 Å². The van der Waals surface area contributed by atoms with E-state index in [-0.39, 0.29) is 30.1 Å². The van der Waals surface area contributed by atoms with Gasteiger partial charge in [-0.3, -0.25) is 19.3 Å². The van der Waals surface area contributed by atoms with Crippen LogP contribution in [0.25, 0.3) is 6.08 Å². The quantitative estimate of drug-likeness (QED) is 0.823. The van der Waals surface area contributed by atoms with Crippen molar-refractivity contribution in [3.8, 4) is 0 Å². The summed E-state index contributed by atoms with van der Waals surface area (Å²) in [6.45, 7) is 2.35. The van der Waals surface area contributed by atoms with Crippen molar-refractivity contribution in [3.63, 3.8) is 0 Å². The number of carbonyl (C=O) groups is 3. The standard InChI is InChI=1S/C20H18N2O3S/c1-14-7-9-15(10-8-14)13-17-19(24)22(20(25)26-17)12-11-21-18(23)16-5-3-2-4-6-16/h2-10,13H,11-12H2,1H3,(H,21,23)/b17-13-. The molecule has 1 fully saturated rings. The van der Waals surface area contributed by atoms with E-state index < -0.39 is 0 Å². The number of thioether (sulfide) groups is 1. The van der Waals surface area contributed by atoms with Crippen LogP contribution in [0.1, 0.15) is 21.5 Å². The number of carbonyl (C=O) groups excluding carboxylic acids is 3. The van der Waals surface area contributed by atoms with Crippen LogP contribution in [-0.2, 0) is 4.79 Å². The topological polar surface area (TPSA) is 66.5 Å². The van der Waals surface area contributed by atoms with Crippen LogP contribution < -0.4 is 5.32 Å². The van der Waals surface area contributed by atoms with E-state index in [0.29, 0.717) is 10.5 Å². The largest absolute Gasteiger partial charge is 0.350 e. The summed E-state index contributed by atoms with van der Waals surface area (Å²) in [6, 6.07) is 16.5. The number of aryl methyl sites for hydroxylation is 1. The van der Waals surface area contributed by atoms with Gasteiger partial charge in [-0.25, -0.2) is 0 Å². The van der Waals surface area contributed by atoms with Crippen molar-refractivity contribution < 1.29 is 14.4 Å². The zero-order chi connectivity index (χ0) is 18.5. The normalized spacial score (nSPS) is 15.6. The average Bonchev–Trinajstić information content (AvgIpc) is 2.91. The van der Waals surface area contributed by atoms with Crippen molar-refractivity contribution in [1.82, 2.24) is 10.2 Å². The fourth-order valence-electron chi connectivity index (χ4n) is 2.48. The van der Waals surface area contributed by atoms with Crippen molar-refractivity contribution in [2.75, 3.05) is 13.1 Å². The van der Waals surface area contributed by atoms with Gasteiger partial charge in [0.15, 0.2) is 0 Å². The number of nitrogens with zero attached hydrogens (tertiary/aromatic N) is 1. The maximum Gasteiger partial charge on any atom is 0.293 e. The molecule has 5 nitrogen and oxygen atoms in total. The minimum Gasteiger partial charge on any atom is -0.350 e. The van der Waals surface area contributed by atoms with Gasteiger partial charge in [-0.15, -0.1) is 0 Å². The second-order valence-corrected chi connectivity index (χ2v) is 6.86. The lowest BCUT2D eigenvalue weighted by Gasteiger charge is -2.13. The lowest BCUT2D eigenvalue weighted by atomic mass is 10.1. The maximum atomic E-state index is 12.4. The molecule has 0 radical (unpaired) electrons. The first-order valence-electron chi connectivity index (χ1n) is 8.20. The molecule has 26 heavy (non-hydrogen) atoms. The first kappa shape index (κ1) is 17.9. The molecule has 6 heteroatoms. The van der Waals surface area contributed by atoms with Crippen LogP contribution in [0.3, 0.4) is 0 Å². The summed E-state index contributed by atoms with van der Waals surface area (Å²) in [6.07, 6.45) is 1.72. The number of benzene rings is 2. The fraction of sp³-hybridized carbons (Fsp3) is 0.150. The van der Waals surface area contributed by atoms with Gasteiger partial charge in [0.25, 0.3) is 17.1 Å². The van der Waals surface area contributed by atoms with Crippen molar-refractivity contribution >= 4 is 34.9 Å². The molecule has 1 aliphatic rings. The molecule has 0 atom stereocenters. The Morgan fingerprint density at radius 1 is 1.08 bits per heavy atom. The number of hydrogen-bond donors (Lipinski definition) is 1. The first-order valence-corrected chi connectivity index (χ1v) is 9.01. The predicted octanol–water partition coefficient (Wildman–Crippen LogP) is 3.46. The molecule has 1 saturated heterocycles. The van der Waals surface area contributed by atoms with Crippen molar-refractivity contribution in [1.29, 1.82) is 0 Å². The van der Waals surface area contributed by atoms with Crippen molar-refractivity contribution in [2.45, 2.75) is 6.92 Å². The van der Waals surface area contributed by atoms with Gasteiger partial charge in [0.2, 0.25) is 0 Å². The SMILES string of the molecule is Cc1ccc(/C=C2\SC(=O)N(CCNC(=O)c3ccccc3)C2=O)cc1. The van der Waals surface area contributed by atoms with Gasteiger partial charge in [-0.1, -0.05) is 48.0 Å². The third-order valence-corrected chi connectivity index (χ3v) is 4.81. The molecule has 0 unspecified atom stereocenters. The molecule has 0 spiro atoms. The predicted molar refractivity (Wildman–Crippen MR) is 103 cm³/mol.